The van der Waals surface area contributed by atoms with Crippen LogP contribution in [-0.2, 0) is 4.79 Å². The molecule has 2 aromatic rings. The zero-order valence-electron chi connectivity index (χ0n) is 9.76. The van der Waals surface area contributed by atoms with Crippen molar-refractivity contribution in [3.63, 3.8) is 0 Å². The number of benzene rings is 1. The summed E-state index contributed by atoms with van der Waals surface area (Å²) in [6, 6.07) is 9.01. The van der Waals surface area contributed by atoms with Crippen molar-refractivity contribution in [2.45, 2.75) is 16.0 Å². The molecule has 3 rings (SSSR count). The van der Waals surface area contributed by atoms with Gasteiger partial charge >= 0.3 is 0 Å². The standard InChI is InChI=1S/C13H10BrN3OS/c14-9-2-1-5-16-13(9)19-7-3-4-8-10(6-7)17-12(18)11(8)15/h1-6,11H,15H2,(H,17,18). The molecule has 1 aromatic heterocycles. The van der Waals surface area contributed by atoms with Crippen molar-refractivity contribution in [2.75, 3.05) is 5.32 Å². The number of nitrogens with two attached hydrogens (primary N) is 1. The summed E-state index contributed by atoms with van der Waals surface area (Å²) in [5.74, 6) is -0.156. The molecule has 4 nitrogen and oxygen atoms in total. The fourth-order valence-electron chi connectivity index (χ4n) is 1.89. The minimum absolute atomic E-state index is 0.156. The second-order valence-corrected chi connectivity index (χ2v) is 6.02. The summed E-state index contributed by atoms with van der Waals surface area (Å²) in [5, 5.41) is 3.66. The van der Waals surface area contributed by atoms with Crippen molar-refractivity contribution in [3.05, 3.63) is 46.6 Å². The SMILES string of the molecule is NC1C(=O)Nc2cc(Sc3ncccc3Br)ccc21. The van der Waals surface area contributed by atoms with Crippen molar-refractivity contribution < 1.29 is 4.79 Å². The fraction of sp³-hybridized carbons (Fsp3) is 0.0769. The maximum atomic E-state index is 11.5. The molecule has 96 valence electrons. The van der Waals surface area contributed by atoms with Crippen LogP contribution in [0.15, 0.2) is 50.9 Å². The van der Waals surface area contributed by atoms with Crippen molar-refractivity contribution in [2.24, 2.45) is 5.73 Å². The number of nitrogens with one attached hydrogen (secondary N) is 1. The zero-order valence-corrected chi connectivity index (χ0v) is 12.2. The van der Waals surface area contributed by atoms with Gasteiger partial charge in [0.2, 0.25) is 5.91 Å². The lowest BCUT2D eigenvalue weighted by Crippen LogP contribution is -2.19. The summed E-state index contributed by atoms with van der Waals surface area (Å²) in [4.78, 5) is 16.8. The first-order valence-corrected chi connectivity index (χ1v) is 7.25. The molecule has 0 spiro atoms. The number of anilines is 1. The Balaban J connectivity index is 1.91. The zero-order chi connectivity index (χ0) is 13.4. The third-order valence-electron chi connectivity index (χ3n) is 2.84. The second-order valence-electron chi connectivity index (χ2n) is 4.11. The molecule has 6 heteroatoms. The number of rotatable bonds is 2. The lowest BCUT2D eigenvalue weighted by Gasteiger charge is -2.06. The van der Waals surface area contributed by atoms with E-state index >= 15 is 0 Å². The molecule has 2 heterocycles. The normalized spacial score (nSPS) is 17.2. The first-order valence-electron chi connectivity index (χ1n) is 5.64. The molecule has 0 bridgehead atoms. The van der Waals surface area contributed by atoms with Gasteiger partial charge in [0.25, 0.3) is 0 Å². The molecular weight excluding hydrogens is 326 g/mol. The van der Waals surface area contributed by atoms with Gasteiger partial charge in [0.05, 0.1) is 4.47 Å². The van der Waals surface area contributed by atoms with E-state index in [1.54, 1.807) is 6.20 Å². The van der Waals surface area contributed by atoms with E-state index in [0.717, 1.165) is 25.6 Å². The highest BCUT2D eigenvalue weighted by Crippen LogP contribution is 2.36. The molecule has 0 fully saturated rings. The van der Waals surface area contributed by atoms with Gasteiger partial charge in [-0.2, -0.15) is 0 Å². The Kier molecular flexibility index (Phi) is 3.30. The molecule has 1 unspecified atom stereocenters. The van der Waals surface area contributed by atoms with Crippen LogP contribution in [0.25, 0.3) is 0 Å². The Hall–Kier alpha value is -1.37. The van der Waals surface area contributed by atoms with E-state index in [1.807, 2.05) is 30.3 Å². The van der Waals surface area contributed by atoms with Crippen LogP contribution >= 0.6 is 27.7 Å². The van der Waals surface area contributed by atoms with Gasteiger partial charge in [-0.15, -0.1) is 0 Å². The molecule has 3 N–H and O–H groups in total. The quantitative estimate of drug-likeness (QED) is 0.885. The molecule has 1 aromatic carbocycles. The van der Waals surface area contributed by atoms with Gasteiger partial charge in [-0.1, -0.05) is 17.8 Å². The summed E-state index contributed by atoms with van der Waals surface area (Å²) in [6.45, 7) is 0. The molecular formula is C13H10BrN3OS. The average Bonchev–Trinajstić information content (AvgIpc) is 2.68. The number of carbonyl (C=O) groups excluding carboxylic acids is 1. The molecule has 1 aliphatic rings. The van der Waals surface area contributed by atoms with Crippen LogP contribution in [0.4, 0.5) is 5.69 Å². The van der Waals surface area contributed by atoms with Crippen LogP contribution in [0.5, 0.6) is 0 Å². The maximum Gasteiger partial charge on any atom is 0.245 e. The number of fused-ring (bicyclic) bond motifs is 1. The van der Waals surface area contributed by atoms with E-state index in [2.05, 4.69) is 26.2 Å². The first kappa shape index (κ1) is 12.7. The van der Waals surface area contributed by atoms with E-state index < -0.39 is 6.04 Å². The van der Waals surface area contributed by atoms with Gasteiger partial charge in [0, 0.05) is 22.3 Å². The predicted octanol–water partition coefficient (Wildman–Crippen LogP) is 2.95. The molecule has 1 atom stereocenters. The molecule has 0 saturated carbocycles. The van der Waals surface area contributed by atoms with Gasteiger partial charge in [-0.25, -0.2) is 4.98 Å². The Labute approximate surface area is 122 Å². The van der Waals surface area contributed by atoms with E-state index in [4.69, 9.17) is 5.73 Å². The number of aromatic nitrogens is 1. The first-order chi connectivity index (χ1) is 9.15. The van der Waals surface area contributed by atoms with E-state index in [-0.39, 0.29) is 5.91 Å². The molecule has 0 radical (unpaired) electrons. The van der Waals surface area contributed by atoms with Crippen molar-refractivity contribution >= 4 is 39.3 Å². The van der Waals surface area contributed by atoms with Crippen LogP contribution in [0, 0.1) is 0 Å². The lowest BCUT2D eigenvalue weighted by atomic mass is 10.1. The molecule has 19 heavy (non-hydrogen) atoms. The number of amides is 1. The largest absolute Gasteiger partial charge is 0.324 e. The van der Waals surface area contributed by atoms with Crippen molar-refractivity contribution in [1.29, 1.82) is 0 Å². The summed E-state index contributed by atoms with van der Waals surface area (Å²) >= 11 is 4.99. The summed E-state index contributed by atoms with van der Waals surface area (Å²) in [5.41, 5.74) is 7.41. The number of hydrogen-bond acceptors (Lipinski definition) is 4. The Morgan fingerprint density at radius 3 is 3.00 bits per heavy atom. The van der Waals surface area contributed by atoms with E-state index in [1.165, 1.54) is 11.8 Å². The summed E-state index contributed by atoms with van der Waals surface area (Å²) in [7, 11) is 0. The summed E-state index contributed by atoms with van der Waals surface area (Å²) in [6.07, 6.45) is 1.75. The van der Waals surface area contributed by atoms with Gasteiger partial charge in [0.15, 0.2) is 0 Å². The monoisotopic (exact) mass is 335 g/mol. The van der Waals surface area contributed by atoms with Crippen LogP contribution < -0.4 is 11.1 Å². The third-order valence-corrected chi connectivity index (χ3v) is 4.75. The highest BCUT2D eigenvalue weighted by molar-refractivity contribution is 9.10. The van der Waals surface area contributed by atoms with Crippen LogP contribution in [0.1, 0.15) is 11.6 Å². The Morgan fingerprint density at radius 1 is 1.37 bits per heavy atom. The molecule has 0 aliphatic carbocycles. The number of pyridine rings is 1. The van der Waals surface area contributed by atoms with E-state index in [9.17, 15) is 4.79 Å². The Bertz CT molecular complexity index is 662. The van der Waals surface area contributed by atoms with Gasteiger partial charge in [-0.05, 0) is 40.2 Å². The topological polar surface area (TPSA) is 68.0 Å². The molecule has 1 aliphatic heterocycles. The third kappa shape index (κ3) is 2.39. The average molecular weight is 336 g/mol. The summed E-state index contributed by atoms with van der Waals surface area (Å²) < 4.78 is 0.946. The smallest absolute Gasteiger partial charge is 0.245 e. The van der Waals surface area contributed by atoms with Crippen LogP contribution in [-0.4, -0.2) is 10.9 Å². The number of hydrogen-bond donors (Lipinski definition) is 2. The molecule has 1 amide bonds. The van der Waals surface area contributed by atoms with Gasteiger partial charge in [0.1, 0.15) is 11.1 Å². The predicted molar refractivity (Wildman–Crippen MR) is 78.1 cm³/mol. The Morgan fingerprint density at radius 2 is 2.21 bits per heavy atom. The van der Waals surface area contributed by atoms with E-state index in [0.29, 0.717) is 0 Å². The highest BCUT2D eigenvalue weighted by Gasteiger charge is 2.27. The van der Waals surface area contributed by atoms with Crippen molar-refractivity contribution in [3.8, 4) is 0 Å². The fourth-order valence-corrected chi connectivity index (χ4v) is 3.20. The van der Waals surface area contributed by atoms with Gasteiger partial charge < -0.3 is 11.1 Å². The number of nitrogens with zero attached hydrogens (tertiary/aromatic N) is 1. The van der Waals surface area contributed by atoms with Crippen molar-refractivity contribution in [1.82, 2.24) is 4.98 Å². The number of halogens is 1. The lowest BCUT2D eigenvalue weighted by molar-refractivity contribution is -0.116. The van der Waals surface area contributed by atoms with Gasteiger partial charge in [-0.3, -0.25) is 4.79 Å². The number of carbonyl (C=O) groups is 1. The molecule has 0 saturated heterocycles. The van der Waals surface area contributed by atoms with Crippen LogP contribution in [0.2, 0.25) is 0 Å². The second kappa shape index (κ2) is 4.96. The van der Waals surface area contributed by atoms with Crippen LogP contribution in [0.3, 0.4) is 0 Å². The highest BCUT2D eigenvalue weighted by atomic mass is 79.9. The minimum atomic E-state index is -0.560. The maximum absolute atomic E-state index is 11.5. The minimum Gasteiger partial charge on any atom is -0.324 e.